The molecule has 12 heavy (non-hydrogen) atoms. The Morgan fingerprint density at radius 3 is 2.92 bits per heavy atom. The molecule has 0 aromatic heterocycles. The molecular weight excluding hydrogens is 152 g/mol. The van der Waals surface area contributed by atoms with Crippen LogP contribution in [0.3, 0.4) is 0 Å². The highest BCUT2D eigenvalue weighted by Crippen LogP contribution is 2.13. The molecule has 0 bridgehead atoms. The van der Waals surface area contributed by atoms with E-state index in [2.05, 4.69) is 6.92 Å². The van der Waals surface area contributed by atoms with E-state index < -0.39 is 0 Å². The van der Waals surface area contributed by atoms with Crippen LogP contribution in [0.4, 0.5) is 0 Å². The van der Waals surface area contributed by atoms with Crippen LogP contribution in [-0.4, -0.2) is 19.5 Å². The molecule has 72 valence electrons. The van der Waals surface area contributed by atoms with Gasteiger partial charge in [0.05, 0.1) is 0 Å². The van der Waals surface area contributed by atoms with E-state index in [0.29, 0.717) is 0 Å². The van der Waals surface area contributed by atoms with E-state index in [0.717, 1.165) is 19.6 Å². The average molecular weight is 172 g/mol. The van der Waals surface area contributed by atoms with E-state index in [1.807, 2.05) is 0 Å². The summed E-state index contributed by atoms with van der Waals surface area (Å²) < 4.78 is 10.9. The number of hydrogen-bond acceptors (Lipinski definition) is 2. The Kier molecular flexibility index (Phi) is 5.37. The van der Waals surface area contributed by atoms with Crippen molar-refractivity contribution in [1.82, 2.24) is 0 Å². The van der Waals surface area contributed by atoms with Crippen molar-refractivity contribution in [3.63, 3.8) is 0 Å². The molecule has 1 aliphatic rings. The van der Waals surface area contributed by atoms with Crippen LogP contribution in [0.15, 0.2) is 0 Å². The van der Waals surface area contributed by atoms with Crippen LogP contribution < -0.4 is 0 Å². The molecular formula is C10H20O2. The molecule has 0 saturated carbocycles. The Hall–Kier alpha value is -0.0800. The van der Waals surface area contributed by atoms with Crippen molar-refractivity contribution in [2.45, 2.75) is 51.7 Å². The minimum Gasteiger partial charge on any atom is -0.353 e. The second kappa shape index (κ2) is 6.44. The second-order valence-electron chi connectivity index (χ2n) is 3.37. The third-order valence-electron chi connectivity index (χ3n) is 2.19. The monoisotopic (exact) mass is 172 g/mol. The Balaban J connectivity index is 1.81. The van der Waals surface area contributed by atoms with Gasteiger partial charge in [-0.25, -0.2) is 0 Å². The Bertz CT molecular complexity index is 98.0. The highest BCUT2D eigenvalue weighted by atomic mass is 16.7. The number of ether oxygens (including phenoxy) is 2. The van der Waals surface area contributed by atoms with Gasteiger partial charge in [0.15, 0.2) is 6.29 Å². The predicted molar refractivity (Wildman–Crippen MR) is 49.1 cm³/mol. The molecule has 1 heterocycles. The molecule has 2 heteroatoms. The van der Waals surface area contributed by atoms with Gasteiger partial charge < -0.3 is 9.47 Å². The highest BCUT2D eigenvalue weighted by molar-refractivity contribution is 4.54. The highest BCUT2D eigenvalue weighted by Gasteiger charge is 2.14. The molecule has 1 rings (SSSR count). The summed E-state index contributed by atoms with van der Waals surface area (Å²) in [6.45, 7) is 3.99. The molecule has 1 atom stereocenters. The SMILES string of the molecule is CCCCCCOC1CCCO1. The third-order valence-corrected chi connectivity index (χ3v) is 2.19. The van der Waals surface area contributed by atoms with Gasteiger partial charge in [-0.15, -0.1) is 0 Å². The maximum absolute atomic E-state index is 5.53. The predicted octanol–water partition coefficient (Wildman–Crippen LogP) is 2.72. The van der Waals surface area contributed by atoms with E-state index in [1.165, 1.54) is 32.1 Å². The quantitative estimate of drug-likeness (QED) is 0.573. The van der Waals surface area contributed by atoms with E-state index in [-0.39, 0.29) is 6.29 Å². The largest absolute Gasteiger partial charge is 0.353 e. The van der Waals surface area contributed by atoms with E-state index >= 15 is 0 Å². The fourth-order valence-electron chi connectivity index (χ4n) is 1.42. The van der Waals surface area contributed by atoms with Gasteiger partial charge in [-0.05, 0) is 12.8 Å². The molecule has 0 aliphatic carbocycles. The summed E-state index contributed by atoms with van der Waals surface area (Å²) in [5, 5.41) is 0. The molecule has 0 radical (unpaired) electrons. The lowest BCUT2D eigenvalue weighted by Crippen LogP contribution is -2.11. The normalized spacial score (nSPS) is 23.2. The van der Waals surface area contributed by atoms with Gasteiger partial charge in [0.2, 0.25) is 0 Å². The van der Waals surface area contributed by atoms with Crippen molar-refractivity contribution in [2.24, 2.45) is 0 Å². The topological polar surface area (TPSA) is 18.5 Å². The van der Waals surface area contributed by atoms with Crippen molar-refractivity contribution in [2.75, 3.05) is 13.2 Å². The van der Waals surface area contributed by atoms with Crippen molar-refractivity contribution in [1.29, 1.82) is 0 Å². The Labute approximate surface area is 75.2 Å². The van der Waals surface area contributed by atoms with Crippen molar-refractivity contribution in [3.8, 4) is 0 Å². The third kappa shape index (κ3) is 4.07. The Morgan fingerprint density at radius 2 is 2.25 bits per heavy atom. The lowest BCUT2D eigenvalue weighted by Gasteiger charge is -2.09. The van der Waals surface area contributed by atoms with Crippen LogP contribution in [-0.2, 0) is 9.47 Å². The first-order valence-corrected chi connectivity index (χ1v) is 5.16. The number of hydrogen-bond donors (Lipinski definition) is 0. The summed E-state index contributed by atoms with van der Waals surface area (Å²) in [4.78, 5) is 0. The smallest absolute Gasteiger partial charge is 0.157 e. The van der Waals surface area contributed by atoms with Crippen molar-refractivity contribution < 1.29 is 9.47 Å². The molecule has 0 spiro atoms. The zero-order valence-electron chi connectivity index (χ0n) is 8.05. The number of unbranched alkanes of at least 4 members (excludes halogenated alkanes) is 3. The van der Waals surface area contributed by atoms with Gasteiger partial charge in [-0.3, -0.25) is 0 Å². The first-order valence-electron chi connectivity index (χ1n) is 5.16. The first-order chi connectivity index (χ1) is 5.93. The van der Waals surface area contributed by atoms with Crippen molar-refractivity contribution in [3.05, 3.63) is 0 Å². The molecule has 1 saturated heterocycles. The van der Waals surface area contributed by atoms with Crippen LogP contribution in [0.2, 0.25) is 0 Å². The first kappa shape index (κ1) is 10.0. The van der Waals surface area contributed by atoms with Gasteiger partial charge >= 0.3 is 0 Å². The maximum Gasteiger partial charge on any atom is 0.157 e. The lowest BCUT2D eigenvalue weighted by molar-refractivity contribution is -0.111. The molecule has 1 aliphatic heterocycles. The summed E-state index contributed by atoms with van der Waals surface area (Å²) >= 11 is 0. The zero-order valence-corrected chi connectivity index (χ0v) is 8.05. The fourth-order valence-corrected chi connectivity index (χ4v) is 1.42. The Morgan fingerprint density at radius 1 is 1.33 bits per heavy atom. The maximum atomic E-state index is 5.53. The summed E-state index contributed by atoms with van der Waals surface area (Å²) in [5.74, 6) is 0. The standard InChI is InChI=1S/C10H20O2/c1-2-3-4-5-8-11-10-7-6-9-12-10/h10H,2-9H2,1H3. The van der Waals surface area contributed by atoms with Gasteiger partial charge in [0.1, 0.15) is 0 Å². The average Bonchev–Trinajstić information content (AvgIpc) is 2.57. The van der Waals surface area contributed by atoms with Gasteiger partial charge in [0.25, 0.3) is 0 Å². The molecule has 0 aromatic rings. The van der Waals surface area contributed by atoms with Gasteiger partial charge in [0, 0.05) is 19.6 Å². The minimum atomic E-state index is 0.117. The summed E-state index contributed by atoms with van der Waals surface area (Å²) in [6.07, 6.45) is 7.48. The summed E-state index contributed by atoms with van der Waals surface area (Å²) in [5.41, 5.74) is 0. The van der Waals surface area contributed by atoms with Crippen LogP contribution in [0, 0.1) is 0 Å². The molecule has 2 nitrogen and oxygen atoms in total. The lowest BCUT2D eigenvalue weighted by atomic mass is 10.2. The van der Waals surface area contributed by atoms with Crippen LogP contribution in [0.25, 0.3) is 0 Å². The second-order valence-corrected chi connectivity index (χ2v) is 3.37. The molecule has 0 amide bonds. The molecule has 0 aromatic carbocycles. The van der Waals surface area contributed by atoms with Crippen LogP contribution in [0.5, 0.6) is 0 Å². The summed E-state index contributed by atoms with van der Waals surface area (Å²) in [7, 11) is 0. The van der Waals surface area contributed by atoms with Crippen LogP contribution in [0.1, 0.15) is 45.4 Å². The summed E-state index contributed by atoms with van der Waals surface area (Å²) in [6, 6.07) is 0. The zero-order chi connectivity index (χ0) is 8.65. The molecule has 0 N–H and O–H groups in total. The van der Waals surface area contributed by atoms with E-state index in [9.17, 15) is 0 Å². The van der Waals surface area contributed by atoms with Crippen LogP contribution >= 0.6 is 0 Å². The van der Waals surface area contributed by atoms with Gasteiger partial charge in [-0.2, -0.15) is 0 Å². The van der Waals surface area contributed by atoms with E-state index in [4.69, 9.17) is 9.47 Å². The van der Waals surface area contributed by atoms with Gasteiger partial charge in [-0.1, -0.05) is 26.2 Å². The van der Waals surface area contributed by atoms with E-state index in [1.54, 1.807) is 0 Å². The fraction of sp³-hybridized carbons (Fsp3) is 1.00. The van der Waals surface area contributed by atoms with Crippen molar-refractivity contribution >= 4 is 0 Å². The number of rotatable bonds is 6. The molecule has 1 fully saturated rings. The minimum absolute atomic E-state index is 0.117. The molecule has 1 unspecified atom stereocenters.